The summed E-state index contributed by atoms with van der Waals surface area (Å²) in [7, 11) is 0. The number of rotatable bonds is 2. The van der Waals surface area contributed by atoms with E-state index in [1.54, 1.807) is 6.92 Å². The van der Waals surface area contributed by atoms with Gasteiger partial charge in [0.25, 0.3) is 0 Å². The highest BCUT2D eigenvalue weighted by Gasteiger charge is 2.25. The molecule has 1 aliphatic carbocycles. The summed E-state index contributed by atoms with van der Waals surface area (Å²) in [6.45, 7) is 3.75. The predicted molar refractivity (Wildman–Crippen MR) is 53.2 cm³/mol. The van der Waals surface area contributed by atoms with Crippen molar-refractivity contribution < 1.29 is 4.79 Å². The van der Waals surface area contributed by atoms with Crippen LogP contribution in [0.5, 0.6) is 0 Å². The number of hydrogen-bond acceptors (Lipinski definition) is 1. The SMILES string of the molecule is CC(=O)c1ccc(C)c(C2CC2)c1. The van der Waals surface area contributed by atoms with E-state index in [1.807, 2.05) is 6.07 Å². The molecule has 0 spiro atoms. The molecule has 0 amide bonds. The van der Waals surface area contributed by atoms with Gasteiger partial charge in [0.05, 0.1) is 0 Å². The minimum absolute atomic E-state index is 0.168. The van der Waals surface area contributed by atoms with E-state index in [4.69, 9.17) is 0 Å². The summed E-state index contributed by atoms with van der Waals surface area (Å²) in [4.78, 5) is 11.2. The first-order valence-corrected chi connectivity index (χ1v) is 4.80. The third kappa shape index (κ3) is 1.64. The quantitative estimate of drug-likeness (QED) is 0.630. The van der Waals surface area contributed by atoms with Crippen LogP contribution in [0.1, 0.15) is 47.2 Å². The van der Waals surface area contributed by atoms with Crippen LogP contribution in [0.2, 0.25) is 0 Å². The molecule has 68 valence electrons. The first kappa shape index (κ1) is 8.49. The molecule has 0 saturated heterocycles. The molecule has 1 heteroatoms. The molecule has 1 nitrogen and oxygen atoms in total. The number of ketones is 1. The molecule has 1 saturated carbocycles. The summed E-state index contributed by atoms with van der Waals surface area (Å²) in [5, 5.41) is 0. The van der Waals surface area contributed by atoms with Gasteiger partial charge >= 0.3 is 0 Å². The van der Waals surface area contributed by atoms with Crippen molar-refractivity contribution in [3.05, 3.63) is 34.9 Å². The molecule has 0 bridgehead atoms. The number of Topliss-reactive ketones (excluding diaryl/α,β-unsaturated/α-hetero) is 1. The molecule has 0 heterocycles. The van der Waals surface area contributed by atoms with E-state index >= 15 is 0 Å². The van der Waals surface area contributed by atoms with Gasteiger partial charge in [0, 0.05) is 5.56 Å². The molecule has 0 unspecified atom stereocenters. The number of aryl methyl sites for hydroxylation is 1. The first-order valence-electron chi connectivity index (χ1n) is 4.80. The lowest BCUT2D eigenvalue weighted by Gasteiger charge is -2.05. The smallest absolute Gasteiger partial charge is 0.159 e. The summed E-state index contributed by atoms with van der Waals surface area (Å²) < 4.78 is 0. The van der Waals surface area contributed by atoms with Gasteiger partial charge in [0.1, 0.15) is 0 Å². The van der Waals surface area contributed by atoms with Crippen molar-refractivity contribution in [1.29, 1.82) is 0 Å². The van der Waals surface area contributed by atoms with Crippen LogP contribution in [0.3, 0.4) is 0 Å². The van der Waals surface area contributed by atoms with Crippen LogP contribution in [-0.2, 0) is 0 Å². The summed E-state index contributed by atoms with van der Waals surface area (Å²) in [6.07, 6.45) is 2.59. The molecule has 1 aromatic rings. The van der Waals surface area contributed by atoms with Crippen LogP contribution in [0, 0.1) is 6.92 Å². The van der Waals surface area contributed by atoms with Crippen molar-refractivity contribution >= 4 is 5.78 Å². The fraction of sp³-hybridized carbons (Fsp3) is 0.417. The second-order valence-electron chi connectivity index (χ2n) is 3.90. The second kappa shape index (κ2) is 2.99. The Bertz CT molecular complexity index is 348. The van der Waals surface area contributed by atoms with Crippen LogP contribution in [0.4, 0.5) is 0 Å². The van der Waals surface area contributed by atoms with E-state index in [2.05, 4.69) is 19.1 Å². The maximum absolute atomic E-state index is 11.2. The topological polar surface area (TPSA) is 17.1 Å². The van der Waals surface area contributed by atoms with Crippen LogP contribution in [0.25, 0.3) is 0 Å². The lowest BCUT2D eigenvalue weighted by atomic mass is 10.00. The Balaban J connectivity index is 2.41. The molecule has 0 aliphatic heterocycles. The number of carbonyl (C=O) groups excluding carboxylic acids is 1. The molecule has 0 radical (unpaired) electrons. The van der Waals surface area contributed by atoms with Gasteiger partial charge < -0.3 is 0 Å². The zero-order chi connectivity index (χ0) is 9.42. The van der Waals surface area contributed by atoms with Crippen molar-refractivity contribution in [2.45, 2.75) is 32.6 Å². The van der Waals surface area contributed by atoms with E-state index in [-0.39, 0.29) is 5.78 Å². The van der Waals surface area contributed by atoms with E-state index in [0.29, 0.717) is 0 Å². The average molecular weight is 174 g/mol. The predicted octanol–water partition coefficient (Wildman–Crippen LogP) is 3.08. The van der Waals surface area contributed by atoms with Crippen molar-refractivity contribution in [3.8, 4) is 0 Å². The minimum atomic E-state index is 0.168. The van der Waals surface area contributed by atoms with Gasteiger partial charge in [0.15, 0.2) is 5.78 Å². The maximum Gasteiger partial charge on any atom is 0.159 e. The van der Waals surface area contributed by atoms with Gasteiger partial charge in [-0.1, -0.05) is 12.1 Å². The number of carbonyl (C=O) groups is 1. The highest BCUT2D eigenvalue weighted by Crippen LogP contribution is 2.41. The monoisotopic (exact) mass is 174 g/mol. The summed E-state index contributed by atoms with van der Waals surface area (Å²) in [5.41, 5.74) is 3.56. The fourth-order valence-electron chi connectivity index (χ4n) is 1.69. The van der Waals surface area contributed by atoms with Gasteiger partial charge in [-0.05, 0) is 49.8 Å². The summed E-state index contributed by atoms with van der Waals surface area (Å²) in [6, 6.07) is 6.04. The molecule has 0 atom stereocenters. The highest BCUT2D eigenvalue weighted by molar-refractivity contribution is 5.94. The molecule has 1 aromatic carbocycles. The average Bonchev–Trinajstić information content (AvgIpc) is 2.87. The largest absolute Gasteiger partial charge is 0.295 e. The molecule has 13 heavy (non-hydrogen) atoms. The Hall–Kier alpha value is -1.11. The molecule has 0 N–H and O–H groups in total. The van der Waals surface area contributed by atoms with Gasteiger partial charge in [-0.2, -0.15) is 0 Å². The molecule has 2 rings (SSSR count). The number of benzene rings is 1. The molecule has 1 fully saturated rings. The Morgan fingerprint density at radius 1 is 1.38 bits per heavy atom. The third-order valence-electron chi connectivity index (χ3n) is 2.70. The van der Waals surface area contributed by atoms with Crippen LogP contribution < -0.4 is 0 Å². The minimum Gasteiger partial charge on any atom is -0.295 e. The molecular formula is C12H14O. The lowest BCUT2D eigenvalue weighted by molar-refractivity contribution is 0.101. The lowest BCUT2D eigenvalue weighted by Crippen LogP contribution is -1.95. The van der Waals surface area contributed by atoms with Crippen molar-refractivity contribution in [2.75, 3.05) is 0 Å². The summed E-state index contributed by atoms with van der Waals surface area (Å²) in [5.74, 6) is 0.904. The first-order chi connectivity index (χ1) is 6.18. The summed E-state index contributed by atoms with van der Waals surface area (Å²) >= 11 is 0. The molecule has 1 aliphatic rings. The van der Waals surface area contributed by atoms with Gasteiger partial charge in [-0.3, -0.25) is 4.79 Å². The van der Waals surface area contributed by atoms with E-state index < -0.39 is 0 Å². The fourth-order valence-corrected chi connectivity index (χ4v) is 1.69. The maximum atomic E-state index is 11.2. The van der Waals surface area contributed by atoms with E-state index in [1.165, 1.54) is 24.0 Å². The molecular weight excluding hydrogens is 160 g/mol. The van der Waals surface area contributed by atoms with Crippen LogP contribution in [0.15, 0.2) is 18.2 Å². The van der Waals surface area contributed by atoms with Crippen LogP contribution in [-0.4, -0.2) is 5.78 Å². The zero-order valence-electron chi connectivity index (χ0n) is 8.13. The normalized spacial score (nSPS) is 15.8. The van der Waals surface area contributed by atoms with Gasteiger partial charge in [-0.25, -0.2) is 0 Å². The Morgan fingerprint density at radius 3 is 2.62 bits per heavy atom. The number of hydrogen-bond donors (Lipinski definition) is 0. The van der Waals surface area contributed by atoms with Gasteiger partial charge in [0.2, 0.25) is 0 Å². The van der Waals surface area contributed by atoms with Crippen molar-refractivity contribution in [1.82, 2.24) is 0 Å². The second-order valence-corrected chi connectivity index (χ2v) is 3.90. The Kier molecular flexibility index (Phi) is 1.95. The van der Waals surface area contributed by atoms with E-state index in [0.717, 1.165) is 11.5 Å². The Morgan fingerprint density at radius 2 is 2.08 bits per heavy atom. The third-order valence-corrected chi connectivity index (χ3v) is 2.70. The van der Waals surface area contributed by atoms with Crippen molar-refractivity contribution in [2.24, 2.45) is 0 Å². The standard InChI is InChI=1S/C12H14O/c1-8-3-4-11(9(2)13)7-12(8)10-5-6-10/h3-4,7,10H,5-6H2,1-2H3. The van der Waals surface area contributed by atoms with E-state index in [9.17, 15) is 4.79 Å². The van der Waals surface area contributed by atoms with Crippen molar-refractivity contribution in [3.63, 3.8) is 0 Å². The Labute approximate surface area is 78.8 Å². The van der Waals surface area contributed by atoms with Crippen LogP contribution >= 0.6 is 0 Å². The zero-order valence-corrected chi connectivity index (χ0v) is 8.13. The molecule has 0 aromatic heterocycles. The highest BCUT2D eigenvalue weighted by atomic mass is 16.1. The van der Waals surface area contributed by atoms with Gasteiger partial charge in [-0.15, -0.1) is 0 Å².